The van der Waals surface area contributed by atoms with Crippen LogP contribution in [0, 0.1) is 5.82 Å². The Balaban J connectivity index is 2.41. The number of carbonyl (C=O) groups is 1. The zero-order valence-electron chi connectivity index (χ0n) is 11.2. The molecular weight excluding hydrogens is 269 g/mol. The van der Waals surface area contributed by atoms with Crippen LogP contribution in [-0.2, 0) is 9.47 Å². The van der Waals surface area contributed by atoms with Gasteiger partial charge in [0.2, 0.25) is 0 Å². The Bertz CT molecular complexity index is 453. The average Bonchev–Trinajstić information content (AvgIpc) is 2.40. The molecule has 0 unspecified atom stereocenters. The molecule has 6 nitrogen and oxygen atoms in total. The van der Waals surface area contributed by atoms with Crippen LogP contribution in [0.4, 0.5) is 10.1 Å². The van der Waals surface area contributed by atoms with Crippen molar-refractivity contribution in [2.24, 2.45) is 0 Å². The number of anilines is 1. The molecule has 0 radical (unpaired) electrons. The van der Waals surface area contributed by atoms with Crippen LogP contribution >= 0.6 is 0 Å². The first-order chi connectivity index (χ1) is 9.56. The smallest absolute Gasteiger partial charge is 0.338 e. The molecule has 0 amide bonds. The van der Waals surface area contributed by atoms with Gasteiger partial charge in [0.25, 0.3) is 0 Å². The average molecular weight is 287 g/mol. The van der Waals surface area contributed by atoms with Crippen LogP contribution in [0.5, 0.6) is 5.75 Å². The lowest BCUT2D eigenvalue weighted by Gasteiger charge is -2.10. The summed E-state index contributed by atoms with van der Waals surface area (Å²) in [6.07, 6.45) is 0.778. The minimum Gasteiger partial charge on any atom is -0.489 e. The Kier molecular flexibility index (Phi) is 6.75. The maximum atomic E-state index is 13.4. The number of carboxylic acid groups (broad SMARTS) is 1. The van der Waals surface area contributed by atoms with Crippen LogP contribution in [0.1, 0.15) is 16.8 Å². The van der Waals surface area contributed by atoms with E-state index >= 15 is 0 Å². The quantitative estimate of drug-likeness (QED) is 0.529. The van der Waals surface area contributed by atoms with Crippen molar-refractivity contribution in [1.29, 1.82) is 0 Å². The monoisotopic (exact) mass is 287 g/mol. The largest absolute Gasteiger partial charge is 0.489 e. The van der Waals surface area contributed by atoms with E-state index in [0.29, 0.717) is 19.8 Å². The van der Waals surface area contributed by atoms with Crippen molar-refractivity contribution in [3.05, 3.63) is 23.5 Å². The van der Waals surface area contributed by atoms with Gasteiger partial charge in [0.1, 0.15) is 18.2 Å². The maximum Gasteiger partial charge on any atom is 0.338 e. The van der Waals surface area contributed by atoms with Crippen molar-refractivity contribution >= 4 is 11.7 Å². The van der Waals surface area contributed by atoms with Crippen molar-refractivity contribution in [2.75, 3.05) is 39.3 Å². The molecule has 1 aromatic carbocycles. The first-order valence-electron chi connectivity index (χ1n) is 6.08. The molecule has 0 bridgehead atoms. The number of nitrogen functional groups attached to an aromatic ring is 1. The molecule has 0 aromatic heterocycles. The van der Waals surface area contributed by atoms with Gasteiger partial charge in [-0.15, -0.1) is 0 Å². The summed E-state index contributed by atoms with van der Waals surface area (Å²) in [5.41, 5.74) is 5.19. The van der Waals surface area contributed by atoms with Crippen molar-refractivity contribution in [3.8, 4) is 5.75 Å². The van der Waals surface area contributed by atoms with Gasteiger partial charge in [0.05, 0.1) is 17.9 Å². The lowest BCUT2D eigenvalue weighted by molar-refractivity contribution is 0.0691. The lowest BCUT2D eigenvalue weighted by atomic mass is 10.2. The molecule has 3 N–H and O–H groups in total. The lowest BCUT2D eigenvalue weighted by Crippen LogP contribution is -2.10. The highest BCUT2D eigenvalue weighted by atomic mass is 19.1. The Morgan fingerprint density at radius 1 is 1.30 bits per heavy atom. The van der Waals surface area contributed by atoms with Crippen molar-refractivity contribution in [2.45, 2.75) is 6.42 Å². The second-order valence-corrected chi connectivity index (χ2v) is 3.98. The summed E-state index contributed by atoms with van der Waals surface area (Å²) in [5.74, 6) is -2.15. The Hall–Kier alpha value is -1.86. The standard InChI is InChI=1S/C13H18FNO5/c1-18-3-2-4-19-5-6-20-12-8-10(14)9(13(16)17)7-11(12)15/h7-8H,2-6,15H2,1H3,(H,16,17). The number of benzene rings is 1. The SMILES string of the molecule is COCCCOCCOc1cc(F)c(C(=O)O)cc1N. The van der Waals surface area contributed by atoms with Crippen LogP contribution in [-0.4, -0.2) is 44.6 Å². The molecular formula is C13H18FNO5. The highest BCUT2D eigenvalue weighted by Crippen LogP contribution is 2.25. The van der Waals surface area contributed by atoms with E-state index in [1.807, 2.05) is 0 Å². The summed E-state index contributed by atoms with van der Waals surface area (Å²) in [7, 11) is 1.61. The van der Waals surface area contributed by atoms with Gasteiger partial charge in [0.15, 0.2) is 0 Å². The minimum atomic E-state index is -1.37. The molecule has 112 valence electrons. The third kappa shape index (κ3) is 5.02. The van der Waals surface area contributed by atoms with Gasteiger partial charge >= 0.3 is 5.97 Å². The number of carboxylic acids is 1. The molecule has 0 fully saturated rings. The second kappa shape index (κ2) is 8.34. The van der Waals surface area contributed by atoms with Crippen LogP contribution in [0.15, 0.2) is 12.1 Å². The van der Waals surface area contributed by atoms with E-state index in [-0.39, 0.29) is 18.0 Å². The number of aromatic carboxylic acids is 1. The first-order valence-corrected chi connectivity index (χ1v) is 6.08. The van der Waals surface area contributed by atoms with Gasteiger partial charge in [0, 0.05) is 26.4 Å². The van der Waals surface area contributed by atoms with Crippen molar-refractivity contribution in [1.82, 2.24) is 0 Å². The number of halogens is 1. The van der Waals surface area contributed by atoms with E-state index in [2.05, 4.69) is 0 Å². The van der Waals surface area contributed by atoms with Gasteiger partial charge in [-0.25, -0.2) is 9.18 Å². The molecule has 0 aliphatic carbocycles. The fraction of sp³-hybridized carbons (Fsp3) is 0.462. The highest BCUT2D eigenvalue weighted by molar-refractivity contribution is 5.89. The molecule has 0 spiro atoms. The minimum absolute atomic E-state index is 0.0724. The zero-order valence-corrected chi connectivity index (χ0v) is 11.2. The van der Waals surface area contributed by atoms with Crippen LogP contribution in [0.2, 0.25) is 0 Å². The predicted molar refractivity (Wildman–Crippen MR) is 70.6 cm³/mol. The van der Waals surface area contributed by atoms with Gasteiger partial charge in [-0.3, -0.25) is 0 Å². The predicted octanol–water partition coefficient (Wildman–Crippen LogP) is 1.54. The third-order valence-corrected chi connectivity index (χ3v) is 2.45. The molecule has 0 heterocycles. The number of hydrogen-bond donors (Lipinski definition) is 2. The van der Waals surface area contributed by atoms with Crippen LogP contribution < -0.4 is 10.5 Å². The van der Waals surface area contributed by atoms with Crippen molar-refractivity contribution in [3.63, 3.8) is 0 Å². The number of rotatable bonds is 9. The Morgan fingerprint density at radius 2 is 2.05 bits per heavy atom. The normalized spacial score (nSPS) is 10.5. The molecule has 0 saturated heterocycles. The van der Waals surface area contributed by atoms with E-state index in [1.54, 1.807) is 7.11 Å². The van der Waals surface area contributed by atoms with Gasteiger partial charge < -0.3 is 25.1 Å². The molecule has 7 heteroatoms. The molecule has 0 aliphatic rings. The van der Waals surface area contributed by atoms with E-state index in [9.17, 15) is 9.18 Å². The third-order valence-electron chi connectivity index (χ3n) is 2.45. The summed E-state index contributed by atoms with van der Waals surface area (Å²) in [6, 6.07) is 2.00. The number of methoxy groups -OCH3 is 1. The summed E-state index contributed by atoms with van der Waals surface area (Å²) in [4.78, 5) is 10.7. The summed E-state index contributed by atoms with van der Waals surface area (Å²) in [5, 5.41) is 8.73. The van der Waals surface area contributed by atoms with E-state index in [4.69, 9.17) is 25.1 Å². The number of hydrogen-bond acceptors (Lipinski definition) is 5. The van der Waals surface area contributed by atoms with Gasteiger partial charge in [-0.2, -0.15) is 0 Å². The van der Waals surface area contributed by atoms with E-state index in [1.165, 1.54) is 0 Å². The second-order valence-electron chi connectivity index (χ2n) is 3.98. The van der Waals surface area contributed by atoms with Crippen LogP contribution in [0.3, 0.4) is 0 Å². The Labute approximate surface area is 116 Å². The zero-order chi connectivity index (χ0) is 15.0. The van der Waals surface area contributed by atoms with E-state index < -0.39 is 17.3 Å². The highest BCUT2D eigenvalue weighted by Gasteiger charge is 2.14. The number of ether oxygens (including phenoxy) is 3. The topological polar surface area (TPSA) is 91.0 Å². The number of nitrogens with two attached hydrogens (primary N) is 1. The molecule has 0 atom stereocenters. The van der Waals surface area contributed by atoms with Gasteiger partial charge in [-0.05, 0) is 12.5 Å². The summed E-state index contributed by atoms with van der Waals surface area (Å²) >= 11 is 0. The fourth-order valence-corrected chi connectivity index (χ4v) is 1.48. The molecule has 1 rings (SSSR count). The molecule has 0 saturated carbocycles. The summed E-state index contributed by atoms with van der Waals surface area (Å²) < 4.78 is 28.8. The summed E-state index contributed by atoms with van der Waals surface area (Å²) in [6.45, 7) is 1.68. The molecule has 0 aliphatic heterocycles. The maximum absolute atomic E-state index is 13.4. The van der Waals surface area contributed by atoms with E-state index in [0.717, 1.165) is 18.6 Å². The fourth-order valence-electron chi connectivity index (χ4n) is 1.48. The molecule has 1 aromatic rings. The Morgan fingerprint density at radius 3 is 2.70 bits per heavy atom. The molecule has 20 heavy (non-hydrogen) atoms. The van der Waals surface area contributed by atoms with Gasteiger partial charge in [-0.1, -0.05) is 0 Å². The van der Waals surface area contributed by atoms with Crippen LogP contribution in [0.25, 0.3) is 0 Å². The first kappa shape index (κ1) is 16.2. The van der Waals surface area contributed by atoms with Crippen molar-refractivity contribution < 1.29 is 28.5 Å².